The average Bonchev–Trinajstić information content (AvgIpc) is 2.84. The fourth-order valence-corrected chi connectivity index (χ4v) is 2.62. The van der Waals surface area contributed by atoms with E-state index in [0.717, 1.165) is 21.4 Å². The zero-order valence-corrected chi connectivity index (χ0v) is 11.9. The normalized spacial score (nSPS) is 15.3. The first-order valence-corrected chi connectivity index (χ1v) is 6.76. The molecule has 0 saturated heterocycles. The summed E-state index contributed by atoms with van der Waals surface area (Å²) in [5, 5.41) is 10.4. The Morgan fingerprint density at radius 1 is 1.16 bits per heavy atom. The van der Waals surface area contributed by atoms with Crippen LogP contribution < -0.4 is 9.47 Å². The summed E-state index contributed by atoms with van der Waals surface area (Å²) in [5.41, 5.74) is 1.44. The molecule has 0 amide bonds. The number of aryl methyl sites for hydroxylation is 1. The van der Waals surface area contributed by atoms with Crippen molar-refractivity contribution in [3.05, 3.63) is 45.8 Å². The van der Waals surface area contributed by atoms with Gasteiger partial charge >= 0.3 is 0 Å². The van der Waals surface area contributed by atoms with E-state index in [9.17, 15) is 5.11 Å². The fourth-order valence-electron chi connectivity index (χ4n) is 2.08. The highest BCUT2D eigenvalue weighted by Gasteiger charge is 2.21. The number of halogens is 1. The number of hydrogen-bond donors (Lipinski definition) is 1. The lowest BCUT2D eigenvalue weighted by Gasteiger charge is -2.21. The molecule has 100 valence electrons. The molecule has 0 saturated carbocycles. The Hall–Kier alpha value is -1.46. The van der Waals surface area contributed by atoms with Crippen LogP contribution in [-0.4, -0.2) is 18.3 Å². The molecule has 2 aromatic rings. The van der Waals surface area contributed by atoms with Gasteiger partial charge in [-0.05, 0) is 25.1 Å². The second-order valence-electron chi connectivity index (χ2n) is 4.41. The van der Waals surface area contributed by atoms with Crippen LogP contribution >= 0.6 is 15.9 Å². The molecule has 1 aromatic heterocycles. The van der Waals surface area contributed by atoms with E-state index in [-0.39, 0.29) is 0 Å². The molecule has 1 aliphatic heterocycles. The molecule has 1 aliphatic rings. The van der Waals surface area contributed by atoms with Gasteiger partial charge in [0.2, 0.25) is 0 Å². The van der Waals surface area contributed by atoms with Gasteiger partial charge < -0.3 is 19.0 Å². The monoisotopic (exact) mass is 324 g/mol. The van der Waals surface area contributed by atoms with E-state index in [2.05, 4.69) is 15.9 Å². The molecule has 1 N–H and O–H groups in total. The van der Waals surface area contributed by atoms with Gasteiger partial charge in [-0.15, -0.1) is 0 Å². The predicted octanol–water partition coefficient (Wildman–Crippen LogP) is 3.20. The van der Waals surface area contributed by atoms with Crippen molar-refractivity contribution in [3.63, 3.8) is 0 Å². The maximum absolute atomic E-state index is 10.4. The first-order valence-electron chi connectivity index (χ1n) is 5.97. The summed E-state index contributed by atoms with van der Waals surface area (Å²) < 4.78 is 17.0. The molecule has 5 heteroatoms. The van der Waals surface area contributed by atoms with Crippen molar-refractivity contribution >= 4 is 15.9 Å². The van der Waals surface area contributed by atoms with Crippen molar-refractivity contribution < 1.29 is 19.0 Å². The molecule has 0 spiro atoms. The van der Waals surface area contributed by atoms with E-state index in [0.29, 0.717) is 24.7 Å². The topological polar surface area (TPSA) is 51.8 Å². The summed E-state index contributed by atoms with van der Waals surface area (Å²) in [6.45, 7) is 2.91. The first-order chi connectivity index (χ1) is 9.15. The van der Waals surface area contributed by atoms with Gasteiger partial charge in [0.05, 0.1) is 6.26 Å². The zero-order chi connectivity index (χ0) is 13.4. The van der Waals surface area contributed by atoms with Gasteiger partial charge in [0.1, 0.15) is 25.1 Å². The number of aliphatic hydroxyl groups is 1. The largest absolute Gasteiger partial charge is 0.486 e. The van der Waals surface area contributed by atoms with Gasteiger partial charge in [0, 0.05) is 15.6 Å². The maximum atomic E-state index is 10.4. The predicted molar refractivity (Wildman–Crippen MR) is 72.6 cm³/mol. The van der Waals surface area contributed by atoms with E-state index in [1.807, 2.05) is 19.1 Å². The molecule has 0 aliphatic carbocycles. The van der Waals surface area contributed by atoms with Crippen molar-refractivity contribution in [2.24, 2.45) is 0 Å². The molecule has 1 aromatic carbocycles. The summed E-state index contributed by atoms with van der Waals surface area (Å²) in [6, 6.07) is 5.43. The molecular formula is C14H13BrO4. The van der Waals surface area contributed by atoms with Crippen LogP contribution in [0.3, 0.4) is 0 Å². The van der Waals surface area contributed by atoms with Crippen molar-refractivity contribution in [2.45, 2.75) is 13.0 Å². The van der Waals surface area contributed by atoms with Crippen LogP contribution in [0, 0.1) is 6.92 Å². The minimum absolute atomic E-state index is 0.523. The molecule has 4 nitrogen and oxygen atoms in total. The summed E-state index contributed by atoms with van der Waals surface area (Å²) >= 11 is 3.45. The molecule has 3 rings (SSSR count). The van der Waals surface area contributed by atoms with E-state index >= 15 is 0 Å². The lowest BCUT2D eigenvalue weighted by Crippen LogP contribution is -2.16. The van der Waals surface area contributed by atoms with Gasteiger partial charge in [-0.1, -0.05) is 15.9 Å². The smallest absolute Gasteiger partial charge is 0.162 e. The van der Waals surface area contributed by atoms with Crippen LogP contribution in [0.25, 0.3) is 0 Å². The quantitative estimate of drug-likeness (QED) is 0.921. The average molecular weight is 325 g/mol. The Labute approximate surface area is 119 Å². The van der Waals surface area contributed by atoms with E-state index in [1.165, 1.54) is 0 Å². The van der Waals surface area contributed by atoms with Crippen LogP contribution in [-0.2, 0) is 0 Å². The maximum Gasteiger partial charge on any atom is 0.162 e. The Balaban J connectivity index is 2.00. The number of fused-ring (bicyclic) bond motifs is 1. The Morgan fingerprint density at radius 2 is 1.84 bits per heavy atom. The first kappa shape index (κ1) is 12.6. The van der Waals surface area contributed by atoms with Gasteiger partial charge in [-0.3, -0.25) is 0 Å². The van der Waals surface area contributed by atoms with E-state index < -0.39 is 6.10 Å². The second kappa shape index (κ2) is 4.90. The van der Waals surface area contributed by atoms with Crippen molar-refractivity contribution in [3.8, 4) is 11.5 Å². The lowest BCUT2D eigenvalue weighted by atomic mass is 10.0. The summed E-state index contributed by atoms with van der Waals surface area (Å²) in [4.78, 5) is 0. The van der Waals surface area contributed by atoms with Crippen molar-refractivity contribution in [2.75, 3.05) is 13.2 Å². The molecule has 0 fully saturated rings. The van der Waals surface area contributed by atoms with Crippen LogP contribution in [0.15, 0.2) is 33.4 Å². The van der Waals surface area contributed by atoms with Gasteiger partial charge in [-0.2, -0.15) is 0 Å². The van der Waals surface area contributed by atoms with Gasteiger partial charge in [-0.25, -0.2) is 0 Å². The summed E-state index contributed by atoms with van der Waals surface area (Å²) in [5.74, 6) is 2.11. The Bertz CT molecular complexity index is 605. The molecule has 1 unspecified atom stereocenters. The number of ether oxygens (including phenoxy) is 2. The van der Waals surface area contributed by atoms with Crippen molar-refractivity contribution in [1.29, 1.82) is 0 Å². The molecule has 2 heterocycles. The minimum atomic E-state index is -0.761. The van der Waals surface area contributed by atoms with Gasteiger partial charge in [0.15, 0.2) is 11.5 Å². The second-order valence-corrected chi connectivity index (χ2v) is 5.26. The SMILES string of the molecule is Cc1cc(C(O)c2cc3c(cc2Br)OCCO3)co1. The highest BCUT2D eigenvalue weighted by atomic mass is 79.9. The van der Waals surface area contributed by atoms with Gasteiger partial charge in [0.25, 0.3) is 0 Å². The number of rotatable bonds is 2. The molecular weight excluding hydrogens is 312 g/mol. The standard InChI is InChI=1S/C14H13BrO4/c1-8-4-9(7-19-8)14(16)10-5-12-13(6-11(10)15)18-3-2-17-12/h4-7,14,16H,2-3H2,1H3. The Morgan fingerprint density at radius 3 is 2.47 bits per heavy atom. The lowest BCUT2D eigenvalue weighted by molar-refractivity contribution is 0.169. The third kappa shape index (κ3) is 2.35. The number of furan rings is 1. The zero-order valence-electron chi connectivity index (χ0n) is 10.4. The summed E-state index contributed by atoms with van der Waals surface area (Å²) in [6.07, 6.45) is 0.797. The third-order valence-corrected chi connectivity index (χ3v) is 3.71. The van der Waals surface area contributed by atoms with Crippen molar-refractivity contribution in [1.82, 2.24) is 0 Å². The number of aliphatic hydroxyl groups excluding tert-OH is 1. The molecule has 0 bridgehead atoms. The van der Waals surface area contributed by atoms with E-state index in [4.69, 9.17) is 13.9 Å². The molecule has 19 heavy (non-hydrogen) atoms. The van der Waals surface area contributed by atoms with E-state index in [1.54, 1.807) is 12.3 Å². The highest BCUT2D eigenvalue weighted by Crippen LogP contribution is 2.39. The third-order valence-electron chi connectivity index (χ3n) is 3.02. The molecule has 1 atom stereocenters. The summed E-state index contributed by atoms with van der Waals surface area (Å²) in [7, 11) is 0. The number of benzene rings is 1. The minimum Gasteiger partial charge on any atom is -0.486 e. The fraction of sp³-hybridized carbons (Fsp3) is 0.286. The van der Waals surface area contributed by atoms with Crippen LogP contribution in [0.2, 0.25) is 0 Å². The van der Waals surface area contributed by atoms with Crippen LogP contribution in [0.1, 0.15) is 23.0 Å². The Kier molecular flexibility index (Phi) is 3.24. The highest BCUT2D eigenvalue weighted by molar-refractivity contribution is 9.10. The number of hydrogen-bond acceptors (Lipinski definition) is 4. The van der Waals surface area contributed by atoms with Crippen LogP contribution in [0.4, 0.5) is 0 Å². The van der Waals surface area contributed by atoms with Crippen LogP contribution in [0.5, 0.6) is 11.5 Å². The molecule has 0 radical (unpaired) electrons.